The van der Waals surface area contributed by atoms with Crippen LogP contribution >= 0.6 is 0 Å². The minimum absolute atomic E-state index is 0.0359. The van der Waals surface area contributed by atoms with Crippen molar-refractivity contribution in [3.8, 4) is 40.0 Å². The van der Waals surface area contributed by atoms with Gasteiger partial charge in [0.2, 0.25) is 17.3 Å². The Labute approximate surface area is 414 Å². The zero-order valence-corrected chi connectivity index (χ0v) is 41.3. The number of methoxy groups -OCH3 is 1. The summed E-state index contributed by atoms with van der Waals surface area (Å²) >= 11 is 0. The summed E-state index contributed by atoms with van der Waals surface area (Å²) in [7, 11) is 1.62. The van der Waals surface area contributed by atoms with Gasteiger partial charge < -0.3 is 24.4 Å². The molecule has 9 rings (SSSR count). The van der Waals surface area contributed by atoms with Crippen molar-refractivity contribution >= 4 is 11.9 Å². The first-order valence-corrected chi connectivity index (χ1v) is 25.2. The minimum atomic E-state index is -1.14. The van der Waals surface area contributed by atoms with Crippen molar-refractivity contribution in [2.75, 3.05) is 7.11 Å². The van der Waals surface area contributed by atoms with Crippen molar-refractivity contribution in [2.45, 2.75) is 147 Å². The molecule has 3 aromatic carbocycles. The van der Waals surface area contributed by atoms with Crippen LogP contribution in [0.3, 0.4) is 0 Å². The summed E-state index contributed by atoms with van der Waals surface area (Å²) in [5.74, 6) is 0.743. The van der Waals surface area contributed by atoms with Crippen molar-refractivity contribution < 1.29 is 34.0 Å². The van der Waals surface area contributed by atoms with Gasteiger partial charge in [-0.2, -0.15) is 10.2 Å². The first kappa shape index (κ1) is 50.1. The lowest BCUT2D eigenvalue weighted by molar-refractivity contribution is 0.0665. The number of aromatic carboxylic acids is 2. The number of hydrogen-bond donors (Lipinski definition) is 5. The maximum absolute atomic E-state index is 11.8. The number of nitrogens with zero attached hydrogens (tertiary/aromatic N) is 7. The number of aromatic nitrogens is 10. The number of aromatic amines is 3. The quantitative estimate of drug-likeness (QED) is 0.0508. The molecule has 374 valence electrons. The fourth-order valence-electron chi connectivity index (χ4n) is 10.0. The zero-order valence-electron chi connectivity index (χ0n) is 41.3. The Balaban J connectivity index is 0.000000197. The maximum Gasteiger partial charge on any atom is 0.362 e. The predicted octanol–water partition coefficient (Wildman–Crippen LogP) is 11.3. The predicted molar refractivity (Wildman–Crippen MR) is 268 cm³/mol. The largest absolute Gasteiger partial charge is 0.497 e. The molecule has 4 heterocycles. The van der Waals surface area contributed by atoms with E-state index in [4.69, 9.17) is 19.3 Å². The second-order valence-corrected chi connectivity index (χ2v) is 18.7. The molecule has 7 aromatic rings. The van der Waals surface area contributed by atoms with Crippen LogP contribution in [0.2, 0.25) is 0 Å². The van der Waals surface area contributed by atoms with E-state index in [-0.39, 0.29) is 35.4 Å². The molecule has 0 spiro atoms. The summed E-state index contributed by atoms with van der Waals surface area (Å²) in [4.78, 5) is 23.0. The Morgan fingerprint density at radius 3 is 1.58 bits per heavy atom. The lowest BCUT2D eigenvalue weighted by Crippen LogP contribution is -2.25. The van der Waals surface area contributed by atoms with Crippen LogP contribution in [-0.2, 0) is 6.54 Å². The third kappa shape index (κ3) is 12.2. The van der Waals surface area contributed by atoms with Crippen molar-refractivity contribution in [3.05, 3.63) is 124 Å². The second kappa shape index (κ2) is 23.5. The molecule has 2 saturated carbocycles. The molecule has 0 amide bonds. The summed E-state index contributed by atoms with van der Waals surface area (Å²) in [6, 6.07) is 29.3. The monoisotopic (exact) mass is 967 g/mol. The van der Waals surface area contributed by atoms with E-state index in [0.29, 0.717) is 30.2 Å². The summed E-state index contributed by atoms with van der Waals surface area (Å²) in [5, 5.41) is 51.9. The molecule has 0 radical (unpaired) electrons. The van der Waals surface area contributed by atoms with E-state index in [1.807, 2.05) is 24.3 Å². The molecule has 17 nitrogen and oxygen atoms in total. The standard InChI is InChI=1S/C31H37N5O4.C23H29N5O3/c1-4-21(5-2)27-18-28(33-32-27)24-10-8-22(9-11-24)23-12-16-26(17-13-23)40-30-29(31(37)38)34-35-36(30)19-20-6-14-25(39-3)15-7-20;1-3-14(4-2)19-13-20(25-24-19)17-7-5-15(6-8-17)16-9-11-18(12-10-16)31-22-21(23(29)30)26-28-27-22/h6-11,14-15,18,21,23,26H,4-5,12-13,16-17,19H2,1-3H3,(H,32,33)(H,37,38);5-8,13-14,16,18H,3-4,9-12H2,1-2H3,(H,24,25)(H,29,30)(H,26,27,28). The number of H-pyrrole nitrogens is 3. The van der Waals surface area contributed by atoms with Gasteiger partial charge in [-0.25, -0.2) is 19.4 Å². The van der Waals surface area contributed by atoms with Gasteiger partial charge in [0.05, 0.1) is 25.0 Å². The minimum Gasteiger partial charge on any atom is -0.497 e. The van der Waals surface area contributed by atoms with Crippen LogP contribution in [0.5, 0.6) is 17.5 Å². The summed E-state index contributed by atoms with van der Waals surface area (Å²) in [6.45, 7) is 9.20. The van der Waals surface area contributed by atoms with Crippen LogP contribution in [0.1, 0.15) is 177 Å². The van der Waals surface area contributed by atoms with E-state index < -0.39 is 11.9 Å². The van der Waals surface area contributed by atoms with Gasteiger partial charge in [-0.15, -0.1) is 5.10 Å². The SMILES string of the molecule is CCC(CC)c1cc(-c2ccc(C3CCC(Oc4c(C(=O)O)nnn4Cc4ccc(OC)cc4)CC3)cc2)n[nH]1.CCC(CC)c1cc(-c2ccc(C3CCC(Oc4nn[nH]c4C(=O)O)CC3)cc2)n[nH]1. The number of ether oxygens (including phenoxy) is 3. The Morgan fingerprint density at radius 1 is 0.634 bits per heavy atom. The average Bonchev–Trinajstić information content (AvgIpc) is 4.25. The Morgan fingerprint density at radius 2 is 1.13 bits per heavy atom. The first-order chi connectivity index (χ1) is 34.6. The normalized spacial score (nSPS) is 18.0. The van der Waals surface area contributed by atoms with Crippen LogP contribution in [-0.4, -0.2) is 92.3 Å². The lowest BCUT2D eigenvalue weighted by atomic mass is 9.82. The van der Waals surface area contributed by atoms with Crippen LogP contribution in [0.15, 0.2) is 84.9 Å². The van der Waals surface area contributed by atoms with Crippen molar-refractivity contribution in [2.24, 2.45) is 0 Å². The molecule has 0 bridgehead atoms. The van der Waals surface area contributed by atoms with Crippen LogP contribution in [0, 0.1) is 0 Å². The van der Waals surface area contributed by atoms with Gasteiger partial charge in [0, 0.05) is 34.4 Å². The van der Waals surface area contributed by atoms with Gasteiger partial charge in [0.25, 0.3) is 5.88 Å². The lowest BCUT2D eigenvalue weighted by Gasteiger charge is -2.29. The fourth-order valence-corrected chi connectivity index (χ4v) is 10.0. The Hall–Kier alpha value is -7.30. The highest BCUT2D eigenvalue weighted by Gasteiger charge is 2.30. The summed E-state index contributed by atoms with van der Waals surface area (Å²) < 4.78 is 18.8. The summed E-state index contributed by atoms with van der Waals surface area (Å²) in [5.41, 5.74) is 9.97. The van der Waals surface area contributed by atoms with Gasteiger partial charge >= 0.3 is 11.9 Å². The number of rotatable bonds is 19. The third-order valence-electron chi connectivity index (χ3n) is 14.4. The molecule has 2 aliphatic carbocycles. The number of benzene rings is 3. The molecule has 0 atom stereocenters. The van der Waals surface area contributed by atoms with Crippen LogP contribution in [0.25, 0.3) is 22.5 Å². The Bertz CT molecular complexity index is 2770. The van der Waals surface area contributed by atoms with Crippen molar-refractivity contribution in [1.82, 2.24) is 50.8 Å². The average molecular weight is 967 g/mol. The number of carboxylic acid groups (broad SMARTS) is 2. The topological polar surface area (TPSA) is 232 Å². The molecule has 17 heteroatoms. The molecule has 2 aliphatic rings. The van der Waals surface area contributed by atoms with Gasteiger partial charge in [-0.1, -0.05) is 104 Å². The smallest absolute Gasteiger partial charge is 0.362 e. The van der Waals surface area contributed by atoms with E-state index in [2.05, 4.69) is 134 Å². The fraction of sp³-hybridized carbons (Fsp3) is 0.444. The van der Waals surface area contributed by atoms with E-state index in [9.17, 15) is 14.7 Å². The number of carbonyl (C=O) groups is 2. The van der Waals surface area contributed by atoms with Gasteiger partial charge in [-0.3, -0.25) is 10.2 Å². The van der Waals surface area contributed by atoms with Gasteiger partial charge in [0.1, 0.15) is 18.0 Å². The van der Waals surface area contributed by atoms with Crippen LogP contribution in [0.4, 0.5) is 0 Å². The van der Waals surface area contributed by atoms with Gasteiger partial charge in [0.15, 0.2) is 0 Å². The highest BCUT2D eigenvalue weighted by Crippen LogP contribution is 2.38. The third-order valence-corrected chi connectivity index (χ3v) is 14.4. The van der Waals surface area contributed by atoms with E-state index in [1.54, 1.807) is 7.11 Å². The van der Waals surface area contributed by atoms with Crippen molar-refractivity contribution in [3.63, 3.8) is 0 Å². The number of nitrogens with one attached hydrogen (secondary N) is 3. The zero-order chi connectivity index (χ0) is 49.9. The van der Waals surface area contributed by atoms with Gasteiger partial charge in [-0.05, 0) is 130 Å². The maximum atomic E-state index is 11.8. The van der Waals surface area contributed by atoms with Crippen molar-refractivity contribution in [1.29, 1.82) is 0 Å². The highest BCUT2D eigenvalue weighted by atomic mass is 16.5. The Kier molecular flexibility index (Phi) is 16.6. The number of hydrogen-bond acceptors (Lipinski definition) is 11. The molecule has 5 N–H and O–H groups in total. The summed E-state index contributed by atoms with van der Waals surface area (Å²) in [6.07, 6.45) is 11.6. The van der Waals surface area contributed by atoms with E-state index in [1.165, 1.54) is 27.2 Å². The molecular weight excluding hydrogens is 901 g/mol. The molecule has 0 unspecified atom stereocenters. The molecular formula is C54H66N10O7. The second-order valence-electron chi connectivity index (χ2n) is 18.7. The van der Waals surface area contributed by atoms with E-state index in [0.717, 1.165) is 111 Å². The highest BCUT2D eigenvalue weighted by molar-refractivity contribution is 5.88. The molecule has 4 aromatic heterocycles. The van der Waals surface area contributed by atoms with E-state index >= 15 is 0 Å². The molecule has 0 aliphatic heterocycles. The number of carboxylic acids is 2. The molecule has 0 saturated heterocycles. The molecule has 71 heavy (non-hydrogen) atoms. The van der Waals surface area contributed by atoms with Crippen LogP contribution < -0.4 is 14.2 Å². The first-order valence-electron chi connectivity index (χ1n) is 25.2. The molecule has 2 fully saturated rings.